The van der Waals surface area contributed by atoms with Gasteiger partial charge < -0.3 is 5.11 Å². The number of carbonyl (C=O) groups is 1. The summed E-state index contributed by atoms with van der Waals surface area (Å²) in [6, 6.07) is 19.9. The molecule has 0 amide bonds. The predicted octanol–water partition coefficient (Wildman–Crippen LogP) is 5.02. The molecule has 23 heavy (non-hydrogen) atoms. The summed E-state index contributed by atoms with van der Waals surface area (Å²) in [6.45, 7) is 4.05. The van der Waals surface area contributed by atoms with E-state index in [0.29, 0.717) is 18.4 Å². The molecule has 118 valence electrons. The number of aliphatic hydroxyl groups excluding tert-OH is 1. The fraction of sp³-hybridized carbons (Fsp3) is 0.286. The smallest absolute Gasteiger partial charge is 0.163 e. The Morgan fingerprint density at radius 1 is 0.870 bits per heavy atom. The molecule has 0 bridgehead atoms. The van der Waals surface area contributed by atoms with Crippen molar-refractivity contribution >= 4 is 5.78 Å². The second kappa shape index (κ2) is 6.04. The van der Waals surface area contributed by atoms with E-state index in [1.54, 1.807) is 0 Å². The zero-order chi connectivity index (χ0) is 16.4. The van der Waals surface area contributed by atoms with Crippen LogP contribution < -0.4 is 0 Å². The second-order valence-electron chi connectivity index (χ2n) is 7.06. The number of hydrogen-bond donors (Lipinski definition) is 1. The summed E-state index contributed by atoms with van der Waals surface area (Å²) in [7, 11) is 0. The van der Waals surface area contributed by atoms with Gasteiger partial charge in [0.25, 0.3) is 0 Å². The van der Waals surface area contributed by atoms with Gasteiger partial charge in [0.2, 0.25) is 0 Å². The molecule has 2 heteroatoms. The lowest BCUT2D eigenvalue weighted by atomic mass is 9.71. The quantitative estimate of drug-likeness (QED) is 0.864. The molecular weight excluding hydrogens is 284 g/mol. The predicted molar refractivity (Wildman–Crippen MR) is 92.4 cm³/mol. The monoisotopic (exact) mass is 306 g/mol. The molecule has 1 aliphatic rings. The van der Waals surface area contributed by atoms with Crippen LogP contribution in [0.5, 0.6) is 0 Å². The number of Topliss-reactive ketones (excluding diaryl/α,β-unsaturated/α-hetero) is 1. The third kappa shape index (κ3) is 3.21. The Morgan fingerprint density at radius 3 is 1.78 bits per heavy atom. The summed E-state index contributed by atoms with van der Waals surface area (Å²) in [5.74, 6) is 0.0846. The van der Waals surface area contributed by atoms with E-state index < -0.39 is 0 Å². The summed E-state index contributed by atoms with van der Waals surface area (Å²) in [6.07, 6.45) is 1.02. The van der Waals surface area contributed by atoms with E-state index in [1.165, 1.54) is 0 Å². The van der Waals surface area contributed by atoms with E-state index in [2.05, 4.69) is 0 Å². The maximum absolute atomic E-state index is 12.8. The van der Waals surface area contributed by atoms with Crippen LogP contribution in [-0.4, -0.2) is 10.9 Å². The molecule has 0 saturated carbocycles. The van der Waals surface area contributed by atoms with Crippen LogP contribution in [0.2, 0.25) is 0 Å². The van der Waals surface area contributed by atoms with Crippen molar-refractivity contribution in [1.82, 2.24) is 0 Å². The molecule has 0 heterocycles. The minimum Gasteiger partial charge on any atom is -0.512 e. The maximum Gasteiger partial charge on any atom is 0.163 e. The lowest BCUT2D eigenvalue weighted by molar-refractivity contribution is -0.118. The minimum absolute atomic E-state index is 0.0523. The van der Waals surface area contributed by atoms with Gasteiger partial charge >= 0.3 is 0 Å². The van der Waals surface area contributed by atoms with E-state index in [1.807, 2.05) is 74.5 Å². The van der Waals surface area contributed by atoms with E-state index in [4.69, 9.17) is 0 Å². The maximum atomic E-state index is 12.8. The van der Waals surface area contributed by atoms with Crippen molar-refractivity contribution in [3.63, 3.8) is 0 Å². The molecule has 1 aliphatic carbocycles. The minimum atomic E-state index is -0.207. The van der Waals surface area contributed by atoms with Crippen LogP contribution in [0.15, 0.2) is 72.0 Å². The average molecular weight is 306 g/mol. The molecule has 0 fully saturated rings. The first kappa shape index (κ1) is 15.5. The molecule has 0 saturated heterocycles. The van der Waals surface area contributed by atoms with Crippen molar-refractivity contribution in [2.24, 2.45) is 5.41 Å². The molecule has 2 aromatic carbocycles. The topological polar surface area (TPSA) is 37.3 Å². The Balaban J connectivity index is 2.15. The summed E-state index contributed by atoms with van der Waals surface area (Å²) in [5.41, 5.74) is 2.45. The van der Waals surface area contributed by atoms with Crippen LogP contribution in [0, 0.1) is 5.41 Å². The Hall–Kier alpha value is -2.35. The third-order valence-electron chi connectivity index (χ3n) is 4.45. The molecular formula is C21H22O2. The SMILES string of the molecule is CC1(C)CC(=O)C(C(c2ccccc2)c2ccccc2)=C(O)C1. The van der Waals surface area contributed by atoms with Crippen molar-refractivity contribution in [3.05, 3.63) is 83.1 Å². The van der Waals surface area contributed by atoms with Crippen LogP contribution in [0.3, 0.4) is 0 Å². The van der Waals surface area contributed by atoms with Crippen molar-refractivity contribution in [3.8, 4) is 0 Å². The average Bonchev–Trinajstić information content (AvgIpc) is 2.51. The van der Waals surface area contributed by atoms with Crippen LogP contribution >= 0.6 is 0 Å². The van der Waals surface area contributed by atoms with Gasteiger partial charge in [-0.1, -0.05) is 74.5 Å². The molecule has 1 N–H and O–H groups in total. The van der Waals surface area contributed by atoms with Gasteiger partial charge in [-0.3, -0.25) is 4.79 Å². The molecule has 0 aromatic heterocycles. The van der Waals surface area contributed by atoms with Gasteiger partial charge in [-0.15, -0.1) is 0 Å². The number of allylic oxidation sites excluding steroid dienone is 2. The van der Waals surface area contributed by atoms with Crippen molar-refractivity contribution in [2.75, 3.05) is 0 Å². The first-order valence-electron chi connectivity index (χ1n) is 8.03. The van der Waals surface area contributed by atoms with Gasteiger partial charge in [-0.25, -0.2) is 0 Å². The zero-order valence-corrected chi connectivity index (χ0v) is 13.6. The van der Waals surface area contributed by atoms with E-state index in [9.17, 15) is 9.90 Å². The van der Waals surface area contributed by atoms with Crippen LogP contribution in [0.4, 0.5) is 0 Å². The third-order valence-corrected chi connectivity index (χ3v) is 4.45. The summed E-state index contributed by atoms with van der Waals surface area (Å²) in [5, 5.41) is 10.6. The molecule has 2 aromatic rings. The molecule has 0 spiro atoms. The fourth-order valence-corrected chi connectivity index (χ4v) is 3.45. The highest BCUT2D eigenvalue weighted by Crippen LogP contribution is 2.43. The van der Waals surface area contributed by atoms with Gasteiger partial charge in [0.1, 0.15) is 5.76 Å². The molecule has 3 rings (SSSR count). The van der Waals surface area contributed by atoms with Gasteiger partial charge in [-0.05, 0) is 16.5 Å². The molecule has 0 aliphatic heterocycles. The zero-order valence-electron chi connectivity index (χ0n) is 13.6. The van der Waals surface area contributed by atoms with Gasteiger partial charge in [0.15, 0.2) is 5.78 Å². The number of benzene rings is 2. The number of aliphatic hydroxyl groups is 1. The Bertz CT molecular complexity index is 687. The highest BCUT2D eigenvalue weighted by atomic mass is 16.3. The Labute approximate surface area is 137 Å². The highest BCUT2D eigenvalue weighted by Gasteiger charge is 2.37. The number of carbonyl (C=O) groups excluding carboxylic acids is 1. The molecule has 0 radical (unpaired) electrons. The largest absolute Gasteiger partial charge is 0.512 e. The van der Waals surface area contributed by atoms with Crippen molar-refractivity contribution in [1.29, 1.82) is 0 Å². The van der Waals surface area contributed by atoms with Gasteiger partial charge in [0, 0.05) is 24.3 Å². The normalized spacial score (nSPS) is 17.6. The van der Waals surface area contributed by atoms with Crippen LogP contribution in [0.25, 0.3) is 0 Å². The van der Waals surface area contributed by atoms with E-state index in [-0.39, 0.29) is 22.9 Å². The van der Waals surface area contributed by atoms with E-state index >= 15 is 0 Å². The lowest BCUT2D eigenvalue weighted by Crippen LogP contribution is -2.28. The summed E-state index contributed by atoms with van der Waals surface area (Å²) in [4.78, 5) is 12.8. The lowest BCUT2D eigenvalue weighted by Gasteiger charge is -2.33. The van der Waals surface area contributed by atoms with Crippen LogP contribution in [0.1, 0.15) is 43.7 Å². The molecule has 0 atom stereocenters. The van der Waals surface area contributed by atoms with Gasteiger partial charge in [0.05, 0.1) is 0 Å². The number of rotatable bonds is 3. The number of hydrogen-bond acceptors (Lipinski definition) is 2. The first-order valence-corrected chi connectivity index (χ1v) is 8.03. The van der Waals surface area contributed by atoms with Crippen molar-refractivity contribution < 1.29 is 9.90 Å². The second-order valence-corrected chi connectivity index (χ2v) is 7.06. The standard InChI is InChI=1S/C21H22O2/c1-21(2)13-17(22)20(18(23)14-21)19(15-9-5-3-6-10-15)16-11-7-4-8-12-16/h3-12,19,22H,13-14H2,1-2H3. The van der Waals surface area contributed by atoms with Gasteiger partial charge in [-0.2, -0.15) is 0 Å². The first-order chi connectivity index (χ1) is 11.0. The summed E-state index contributed by atoms with van der Waals surface area (Å²) < 4.78 is 0. The molecule has 0 unspecified atom stereocenters. The highest BCUT2D eigenvalue weighted by molar-refractivity contribution is 5.99. The Kier molecular flexibility index (Phi) is 4.08. The molecule has 2 nitrogen and oxygen atoms in total. The van der Waals surface area contributed by atoms with Crippen molar-refractivity contribution in [2.45, 2.75) is 32.6 Å². The van der Waals surface area contributed by atoms with E-state index in [0.717, 1.165) is 11.1 Å². The van der Waals surface area contributed by atoms with Crippen LogP contribution in [-0.2, 0) is 4.79 Å². The number of ketones is 1. The summed E-state index contributed by atoms with van der Waals surface area (Å²) >= 11 is 0. The Morgan fingerprint density at radius 2 is 1.35 bits per heavy atom. The fourth-order valence-electron chi connectivity index (χ4n) is 3.45.